The Morgan fingerprint density at radius 3 is 2.50 bits per heavy atom. The highest BCUT2D eigenvalue weighted by molar-refractivity contribution is 5.27. The molecule has 0 aliphatic carbocycles. The van der Waals surface area contributed by atoms with E-state index in [0.29, 0.717) is 6.54 Å². The third-order valence-corrected chi connectivity index (χ3v) is 2.80. The van der Waals surface area contributed by atoms with E-state index in [1.807, 2.05) is 38.2 Å². The van der Waals surface area contributed by atoms with Crippen molar-refractivity contribution in [3.05, 3.63) is 59.4 Å². The maximum absolute atomic E-state index is 9.76. The molecule has 0 amide bonds. The van der Waals surface area contributed by atoms with Gasteiger partial charge in [0.2, 0.25) is 0 Å². The number of aryl methyl sites for hydroxylation is 1. The molecule has 2 rings (SSSR count). The first-order valence-electron chi connectivity index (χ1n) is 6.03. The number of aromatic nitrogens is 1. The predicted molar refractivity (Wildman–Crippen MR) is 72.3 cm³/mol. The molecule has 1 heterocycles. The summed E-state index contributed by atoms with van der Waals surface area (Å²) in [6, 6.07) is 13.8. The van der Waals surface area contributed by atoms with Crippen molar-refractivity contribution in [2.45, 2.75) is 20.0 Å². The minimum Gasteiger partial charge on any atom is -0.506 e. The van der Waals surface area contributed by atoms with Crippen molar-refractivity contribution < 1.29 is 5.11 Å². The largest absolute Gasteiger partial charge is 0.506 e. The van der Waals surface area contributed by atoms with Gasteiger partial charge in [0.1, 0.15) is 5.75 Å². The third kappa shape index (κ3) is 3.31. The first kappa shape index (κ1) is 12.6. The summed E-state index contributed by atoms with van der Waals surface area (Å²) in [4.78, 5) is 6.50. The van der Waals surface area contributed by atoms with Crippen molar-refractivity contribution in [1.29, 1.82) is 0 Å². The molecule has 0 fully saturated rings. The summed E-state index contributed by atoms with van der Waals surface area (Å²) in [6.45, 7) is 3.42. The van der Waals surface area contributed by atoms with E-state index in [-0.39, 0.29) is 5.75 Å². The van der Waals surface area contributed by atoms with Gasteiger partial charge in [-0.2, -0.15) is 0 Å². The highest BCUT2D eigenvalue weighted by atomic mass is 16.3. The Balaban J connectivity index is 2.03. The fourth-order valence-electron chi connectivity index (χ4n) is 1.93. The Bertz CT molecular complexity index is 511. The van der Waals surface area contributed by atoms with Gasteiger partial charge in [0.15, 0.2) is 0 Å². The SMILES string of the molecule is Cc1ccc(O)c(CN(C)Cc2ccccc2)n1. The zero-order valence-corrected chi connectivity index (χ0v) is 10.8. The van der Waals surface area contributed by atoms with Crippen LogP contribution in [0.4, 0.5) is 0 Å². The molecule has 94 valence electrons. The molecule has 1 N–H and O–H groups in total. The van der Waals surface area contributed by atoms with Crippen LogP contribution < -0.4 is 0 Å². The van der Waals surface area contributed by atoms with Gasteiger partial charge in [0.25, 0.3) is 0 Å². The van der Waals surface area contributed by atoms with Crippen molar-refractivity contribution in [3.8, 4) is 5.75 Å². The van der Waals surface area contributed by atoms with Gasteiger partial charge in [-0.05, 0) is 31.7 Å². The van der Waals surface area contributed by atoms with Crippen LogP contribution in [-0.4, -0.2) is 22.0 Å². The Labute approximate surface area is 108 Å². The molecule has 0 unspecified atom stereocenters. The molecule has 1 aromatic heterocycles. The van der Waals surface area contributed by atoms with Crippen LogP contribution >= 0.6 is 0 Å². The minimum absolute atomic E-state index is 0.264. The summed E-state index contributed by atoms with van der Waals surface area (Å²) in [7, 11) is 2.02. The molecule has 0 aliphatic heterocycles. The van der Waals surface area contributed by atoms with Crippen LogP contribution in [0.15, 0.2) is 42.5 Å². The maximum Gasteiger partial charge on any atom is 0.138 e. The second-order valence-corrected chi connectivity index (χ2v) is 4.58. The van der Waals surface area contributed by atoms with Gasteiger partial charge in [0.05, 0.1) is 5.69 Å². The number of hydrogen-bond acceptors (Lipinski definition) is 3. The van der Waals surface area contributed by atoms with Crippen molar-refractivity contribution in [2.75, 3.05) is 7.05 Å². The molecule has 1 aromatic carbocycles. The average molecular weight is 242 g/mol. The lowest BCUT2D eigenvalue weighted by Gasteiger charge is -2.17. The first-order valence-corrected chi connectivity index (χ1v) is 6.03. The molecule has 0 atom stereocenters. The van der Waals surface area contributed by atoms with Crippen LogP contribution in [0.25, 0.3) is 0 Å². The summed E-state index contributed by atoms with van der Waals surface area (Å²) in [6.07, 6.45) is 0. The highest BCUT2D eigenvalue weighted by Crippen LogP contribution is 2.17. The second kappa shape index (κ2) is 5.65. The molecular weight excluding hydrogens is 224 g/mol. The van der Waals surface area contributed by atoms with E-state index < -0.39 is 0 Å². The molecule has 0 bridgehead atoms. The van der Waals surface area contributed by atoms with Crippen LogP contribution in [0.1, 0.15) is 17.0 Å². The second-order valence-electron chi connectivity index (χ2n) is 4.58. The van der Waals surface area contributed by atoms with Crippen LogP contribution in [-0.2, 0) is 13.1 Å². The summed E-state index contributed by atoms with van der Waals surface area (Å²) in [5.74, 6) is 0.264. The molecule has 0 saturated heterocycles. The number of rotatable bonds is 4. The lowest BCUT2D eigenvalue weighted by atomic mass is 10.2. The van der Waals surface area contributed by atoms with E-state index in [1.165, 1.54) is 5.56 Å². The Kier molecular flexibility index (Phi) is 3.95. The van der Waals surface area contributed by atoms with E-state index in [2.05, 4.69) is 22.0 Å². The summed E-state index contributed by atoms with van der Waals surface area (Å²) in [5, 5.41) is 9.76. The Morgan fingerprint density at radius 2 is 1.78 bits per heavy atom. The molecule has 0 radical (unpaired) electrons. The zero-order chi connectivity index (χ0) is 13.0. The standard InChI is InChI=1S/C15H18N2O/c1-12-8-9-15(18)14(16-12)11-17(2)10-13-6-4-3-5-7-13/h3-9,18H,10-11H2,1-2H3. The van der Waals surface area contributed by atoms with Crippen molar-refractivity contribution in [2.24, 2.45) is 0 Å². The molecule has 18 heavy (non-hydrogen) atoms. The van der Waals surface area contributed by atoms with E-state index >= 15 is 0 Å². The van der Waals surface area contributed by atoms with E-state index in [1.54, 1.807) is 6.07 Å². The van der Waals surface area contributed by atoms with Gasteiger partial charge in [-0.15, -0.1) is 0 Å². The Hall–Kier alpha value is -1.87. The van der Waals surface area contributed by atoms with E-state index in [4.69, 9.17) is 0 Å². The van der Waals surface area contributed by atoms with Gasteiger partial charge in [-0.3, -0.25) is 9.88 Å². The van der Waals surface area contributed by atoms with Gasteiger partial charge in [-0.1, -0.05) is 30.3 Å². The molecule has 0 aliphatic rings. The van der Waals surface area contributed by atoms with Gasteiger partial charge in [0, 0.05) is 18.8 Å². The van der Waals surface area contributed by atoms with Crippen LogP contribution in [0.5, 0.6) is 5.75 Å². The summed E-state index contributed by atoms with van der Waals surface area (Å²) in [5.41, 5.74) is 2.91. The minimum atomic E-state index is 0.264. The summed E-state index contributed by atoms with van der Waals surface area (Å²) >= 11 is 0. The number of hydrogen-bond donors (Lipinski definition) is 1. The maximum atomic E-state index is 9.76. The normalized spacial score (nSPS) is 10.8. The molecular formula is C15H18N2O. The van der Waals surface area contributed by atoms with E-state index in [9.17, 15) is 5.11 Å². The molecule has 3 heteroatoms. The Morgan fingerprint density at radius 1 is 1.06 bits per heavy atom. The van der Waals surface area contributed by atoms with Crippen molar-refractivity contribution in [1.82, 2.24) is 9.88 Å². The van der Waals surface area contributed by atoms with Gasteiger partial charge >= 0.3 is 0 Å². The van der Waals surface area contributed by atoms with Crippen LogP contribution in [0.2, 0.25) is 0 Å². The fraction of sp³-hybridized carbons (Fsp3) is 0.267. The first-order chi connectivity index (χ1) is 8.65. The fourth-order valence-corrected chi connectivity index (χ4v) is 1.93. The number of nitrogens with zero attached hydrogens (tertiary/aromatic N) is 2. The number of benzene rings is 1. The van der Waals surface area contributed by atoms with Gasteiger partial charge in [-0.25, -0.2) is 0 Å². The van der Waals surface area contributed by atoms with Crippen LogP contribution in [0.3, 0.4) is 0 Å². The topological polar surface area (TPSA) is 36.4 Å². The monoisotopic (exact) mass is 242 g/mol. The highest BCUT2D eigenvalue weighted by Gasteiger charge is 2.07. The molecule has 0 saturated carbocycles. The van der Waals surface area contributed by atoms with Crippen molar-refractivity contribution >= 4 is 0 Å². The zero-order valence-electron chi connectivity index (χ0n) is 10.8. The average Bonchev–Trinajstić information content (AvgIpc) is 2.35. The van der Waals surface area contributed by atoms with E-state index in [0.717, 1.165) is 17.9 Å². The molecule has 3 nitrogen and oxygen atoms in total. The quantitative estimate of drug-likeness (QED) is 0.895. The van der Waals surface area contributed by atoms with Gasteiger partial charge < -0.3 is 5.11 Å². The lowest BCUT2D eigenvalue weighted by molar-refractivity contribution is 0.307. The number of pyridine rings is 1. The third-order valence-electron chi connectivity index (χ3n) is 2.80. The molecule has 2 aromatic rings. The predicted octanol–water partition coefficient (Wildman–Crippen LogP) is 2.73. The summed E-state index contributed by atoms with van der Waals surface area (Å²) < 4.78 is 0. The smallest absolute Gasteiger partial charge is 0.138 e. The lowest BCUT2D eigenvalue weighted by Crippen LogP contribution is -2.18. The van der Waals surface area contributed by atoms with Crippen LogP contribution in [0, 0.1) is 6.92 Å². The molecule has 0 spiro atoms. The van der Waals surface area contributed by atoms with Crippen molar-refractivity contribution in [3.63, 3.8) is 0 Å². The number of aromatic hydroxyl groups is 1.